The molecule has 0 saturated carbocycles. The molecule has 0 saturated heterocycles. The second kappa shape index (κ2) is 8.56. The van der Waals surface area contributed by atoms with Crippen molar-refractivity contribution in [3.05, 3.63) is 57.6 Å². The van der Waals surface area contributed by atoms with E-state index in [0.717, 1.165) is 0 Å². The summed E-state index contributed by atoms with van der Waals surface area (Å²) in [7, 11) is 1.41. The standard InChI is InChI=1S/C18H14Cl2N2O4/c1-10(17(23)22-13-5-3-11(9-21)15(20)8-13)26-18(24)14-7-12(19)4-6-16(14)25-2/h3-8,10H,1-2H3,(H,22,23)/t10-/m1/s1. The Hall–Kier alpha value is -2.75. The van der Waals surface area contributed by atoms with Crippen LogP contribution in [0.4, 0.5) is 5.69 Å². The number of methoxy groups -OCH3 is 1. The van der Waals surface area contributed by atoms with E-state index in [1.807, 2.05) is 6.07 Å². The van der Waals surface area contributed by atoms with Crippen LogP contribution < -0.4 is 10.1 Å². The molecule has 0 unspecified atom stereocenters. The van der Waals surface area contributed by atoms with Crippen LogP contribution in [0.2, 0.25) is 10.0 Å². The lowest BCUT2D eigenvalue weighted by molar-refractivity contribution is -0.123. The molecule has 0 bridgehead atoms. The van der Waals surface area contributed by atoms with Crippen molar-refractivity contribution in [2.24, 2.45) is 0 Å². The van der Waals surface area contributed by atoms with Gasteiger partial charge in [-0.1, -0.05) is 23.2 Å². The largest absolute Gasteiger partial charge is 0.496 e. The van der Waals surface area contributed by atoms with E-state index in [9.17, 15) is 9.59 Å². The molecule has 8 heteroatoms. The molecule has 0 aliphatic heterocycles. The predicted octanol–water partition coefficient (Wildman–Crippen LogP) is 4.06. The number of anilines is 1. The number of hydrogen-bond acceptors (Lipinski definition) is 5. The fourth-order valence-corrected chi connectivity index (χ4v) is 2.44. The Morgan fingerprint density at radius 3 is 2.54 bits per heavy atom. The Balaban J connectivity index is 2.07. The normalized spacial score (nSPS) is 11.2. The Morgan fingerprint density at radius 1 is 1.19 bits per heavy atom. The van der Waals surface area contributed by atoms with Gasteiger partial charge in [-0.3, -0.25) is 4.79 Å². The smallest absolute Gasteiger partial charge is 0.342 e. The number of nitriles is 1. The number of carbonyl (C=O) groups is 2. The van der Waals surface area contributed by atoms with Crippen LogP contribution >= 0.6 is 23.2 Å². The molecule has 134 valence electrons. The van der Waals surface area contributed by atoms with Crippen molar-refractivity contribution < 1.29 is 19.1 Å². The number of ether oxygens (including phenoxy) is 2. The minimum atomic E-state index is -1.08. The highest BCUT2D eigenvalue weighted by molar-refractivity contribution is 6.32. The number of carbonyl (C=O) groups excluding carboxylic acids is 2. The van der Waals surface area contributed by atoms with E-state index in [2.05, 4.69) is 5.32 Å². The van der Waals surface area contributed by atoms with E-state index in [1.165, 1.54) is 44.4 Å². The third-order valence-corrected chi connectivity index (χ3v) is 3.94. The summed E-state index contributed by atoms with van der Waals surface area (Å²) in [5, 5.41) is 12.0. The number of rotatable bonds is 5. The number of benzene rings is 2. The van der Waals surface area contributed by atoms with Crippen molar-refractivity contribution in [2.75, 3.05) is 12.4 Å². The molecule has 2 rings (SSSR count). The maximum atomic E-state index is 12.3. The molecule has 2 aromatic carbocycles. The molecule has 26 heavy (non-hydrogen) atoms. The first-order chi connectivity index (χ1) is 12.3. The number of esters is 1. The Kier molecular flexibility index (Phi) is 6.45. The second-order valence-electron chi connectivity index (χ2n) is 5.19. The minimum absolute atomic E-state index is 0.112. The summed E-state index contributed by atoms with van der Waals surface area (Å²) in [4.78, 5) is 24.5. The van der Waals surface area contributed by atoms with Crippen LogP contribution in [0.3, 0.4) is 0 Å². The van der Waals surface area contributed by atoms with Gasteiger partial charge in [0.25, 0.3) is 5.91 Å². The van der Waals surface area contributed by atoms with E-state index >= 15 is 0 Å². The van der Waals surface area contributed by atoms with Crippen LogP contribution in [0.25, 0.3) is 0 Å². The average Bonchev–Trinajstić information content (AvgIpc) is 2.61. The second-order valence-corrected chi connectivity index (χ2v) is 6.03. The Bertz CT molecular complexity index is 893. The van der Waals surface area contributed by atoms with Crippen molar-refractivity contribution in [3.8, 4) is 11.8 Å². The number of hydrogen-bond donors (Lipinski definition) is 1. The molecule has 6 nitrogen and oxygen atoms in total. The molecule has 0 heterocycles. The molecule has 0 radical (unpaired) electrons. The summed E-state index contributed by atoms with van der Waals surface area (Å²) in [6, 6.07) is 10.9. The summed E-state index contributed by atoms with van der Waals surface area (Å²) >= 11 is 11.8. The minimum Gasteiger partial charge on any atom is -0.496 e. The van der Waals surface area contributed by atoms with Gasteiger partial charge in [0.1, 0.15) is 17.4 Å². The Labute approximate surface area is 160 Å². The first-order valence-electron chi connectivity index (χ1n) is 7.40. The first-order valence-corrected chi connectivity index (χ1v) is 8.16. The molecule has 0 spiro atoms. The maximum Gasteiger partial charge on any atom is 0.342 e. The molecule has 1 atom stereocenters. The number of nitrogens with one attached hydrogen (secondary N) is 1. The molecular weight excluding hydrogens is 379 g/mol. The van der Waals surface area contributed by atoms with Crippen LogP contribution in [-0.4, -0.2) is 25.1 Å². The van der Waals surface area contributed by atoms with E-state index in [-0.39, 0.29) is 21.9 Å². The summed E-state index contributed by atoms with van der Waals surface area (Å²) in [5.41, 5.74) is 0.778. The molecule has 0 aliphatic rings. The van der Waals surface area contributed by atoms with Gasteiger partial charge in [-0.2, -0.15) is 5.26 Å². The fourth-order valence-electron chi connectivity index (χ4n) is 2.04. The molecule has 1 N–H and O–H groups in total. The molecular formula is C18H14Cl2N2O4. The summed E-state index contributed by atoms with van der Waals surface area (Å²) in [6.45, 7) is 1.43. The van der Waals surface area contributed by atoms with Gasteiger partial charge in [0.15, 0.2) is 6.10 Å². The quantitative estimate of drug-likeness (QED) is 0.774. The first kappa shape index (κ1) is 19.6. The van der Waals surface area contributed by atoms with Gasteiger partial charge in [-0.05, 0) is 43.3 Å². The van der Waals surface area contributed by atoms with Gasteiger partial charge in [0, 0.05) is 10.7 Å². The van der Waals surface area contributed by atoms with Crippen LogP contribution in [0.15, 0.2) is 36.4 Å². The summed E-state index contributed by atoms with van der Waals surface area (Å²) < 4.78 is 10.3. The molecule has 0 aromatic heterocycles. The lowest BCUT2D eigenvalue weighted by atomic mass is 10.2. The van der Waals surface area contributed by atoms with Gasteiger partial charge < -0.3 is 14.8 Å². The van der Waals surface area contributed by atoms with Crippen LogP contribution in [0.5, 0.6) is 5.75 Å². The van der Waals surface area contributed by atoms with Gasteiger partial charge in [-0.25, -0.2) is 4.79 Å². The fraction of sp³-hybridized carbons (Fsp3) is 0.167. The predicted molar refractivity (Wildman–Crippen MR) is 97.7 cm³/mol. The van der Waals surface area contributed by atoms with E-state index in [4.69, 9.17) is 37.9 Å². The zero-order valence-corrected chi connectivity index (χ0v) is 15.4. The lowest BCUT2D eigenvalue weighted by Gasteiger charge is -2.15. The summed E-state index contributed by atoms with van der Waals surface area (Å²) in [5.74, 6) is -1.02. The van der Waals surface area contributed by atoms with Crippen molar-refractivity contribution in [1.29, 1.82) is 5.26 Å². The van der Waals surface area contributed by atoms with Gasteiger partial charge in [0.05, 0.1) is 17.7 Å². The van der Waals surface area contributed by atoms with Crippen LogP contribution in [-0.2, 0) is 9.53 Å². The molecule has 2 aromatic rings. The highest BCUT2D eigenvalue weighted by Crippen LogP contribution is 2.24. The van der Waals surface area contributed by atoms with Crippen molar-refractivity contribution in [1.82, 2.24) is 0 Å². The van der Waals surface area contributed by atoms with Gasteiger partial charge in [0.2, 0.25) is 0 Å². The average molecular weight is 393 g/mol. The number of halogens is 2. The number of nitrogens with zero attached hydrogens (tertiary/aromatic N) is 1. The monoisotopic (exact) mass is 392 g/mol. The van der Waals surface area contributed by atoms with Gasteiger partial charge in [-0.15, -0.1) is 0 Å². The van der Waals surface area contributed by atoms with Crippen molar-refractivity contribution >= 4 is 40.8 Å². The molecule has 1 amide bonds. The SMILES string of the molecule is COc1ccc(Cl)cc1C(=O)O[C@H](C)C(=O)Nc1ccc(C#N)c(Cl)c1. The van der Waals surface area contributed by atoms with Crippen LogP contribution in [0.1, 0.15) is 22.8 Å². The van der Waals surface area contributed by atoms with Crippen molar-refractivity contribution in [2.45, 2.75) is 13.0 Å². The third kappa shape index (κ3) is 4.66. The molecule has 0 fully saturated rings. The zero-order valence-electron chi connectivity index (χ0n) is 13.9. The zero-order chi connectivity index (χ0) is 19.3. The van der Waals surface area contributed by atoms with E-state index in [1.54, 1.807) is 6.07 Å². The van der Waals surface area contributed by atoms with E-state index in [0.29, 0.717) is 10.7 Å². The highest BCUT2D eigenvalue weighted by Gasteiger charge is 2.22. The van der Waals surface area contributed by atoms with Gasteiger partial charge >= 0.3 is 5.97 Å². The lowest BCUT2D eigenvalue weighted by Crippen LogP contribution is -2.30. The highest BCUT2D eigenvalue weighted by atomic mass is 35.5. The topological polar surface area (TPSA) is 88.4 Å². The number of amides is 1. The summed E-state index contributed by atoms with van der Waals surface area (Å²) in [6.07, 6.45) is -1.08. The maximum absolute atomic E-state index is 12.3. The Morgan fingerprint density at radius 2 is 1.92 bits per heavy atom. The van der Waals surface area contributed by atoms with E-state index < -0.39 is 18.0 Å². The van der Waals surface area contributed by atoms with Crippen LogP contribution in [0, 0.1) is 11.3 Å². The third-order valence-electron chi connectivity index (χ3n) is 3.39. The van der Waals surface area contributed by atoms with Crippen molar-refractivity contribution in [3.63, 3.8) is 0 Å². The molecule has 0 aliphatic carbocycles.